The fraction of sp³-hybridized carbons (Fsp3) is 0.0833. The van der Waals surface area contributed by atoms with Crippen molar-refractivity contribution in [2.45, 2.75) is 0 Å². The van der Waals surface area contributed by atoms with Crippen molar-refractivity contribution in [3.63, 3.8) is 0 Å². The third-order valence-corrected chi connectivity index (χ3v) is 5.16. The first-order chi connectivity index (χ1) is 14.3. The second-order valence-electron chi connectivity index (χ2n) is 6.75. The molecule has 5 heteroatoms. The number of rotatable bonds is 4. The van der Waals surface area contributed by atoms with Crippen LogP contribution in [0.3, 0.4) is 0 Å². The van der Waals surface area contributed by atoms with Crippen molar-refractivity contribution in [3.05, 3.63) is 73.2 Å². The van der Waals surface area contributed by atoms with E-state index in [2.05, 4.69) is 27.1 Å². The lowest BCUT2D eigenvalue weighted by Gasteiger charge is -2.14. The Morgan fingerprint density at radius 1 is 0.828 bits per heavy atom. The van der Waals surface area contributed by atoms with Gasteiger partial charge >= 0.3 is 0 Å². The normalized spacial score (nSPS) is 11.1. The molecule has 29 heavy (non-hydrogen) atoms. The Bertz CT molecular complexity index is 1330. The summed E-state index contributed by atoms with van der Waals surface area (Å²) in [5.41, 5.74) is 5.82. The highest BCUT2D eigenvalue weighted by molar-refractivity contribution is 6.16. The van der Waals surface area contributed by atoms with Gasteiger partial charge in [0, 0.05) is 45.4 Å². The van der Waals surface area contributed by atoms with E-state index in [4.69, 9.17) is 9.47 Å². The molecule has 0 saturated carbocycles. The quantitative estimate of drug-likeness (QED) is 0.449. The van der Waals surface area contributed by atoms with Crippen molar-refractivity contribution in [1.29, 1.82) is 0 Å². The monoisotopic (exact) mass is 381 g/mol. The topological polar surface area (TPSA) is 60.0 Å². The molecule has 5 aromatic rings. The number of methoxy groups -OCH3 is 2. The molecule has 0 amide bonds. The Labute approximate surface area is 168 Å². The standard InChI is InChI=1S/C24H19N3O2/c1-28-21-8-4-3-7-16(21)24-22(29-2)10-9-18-23(24)17-12-19(26-14-20(17)27-18)15-6-5-11-25-13-15/h3-14,27H,1-2H3. The summed E-state index contributed by atoms with van der Waals surface area (Å²) < 4.78 is 11.4. The minimum atomic E-state index is 0.794. The van der Waals surface area contributed by atoms with Crippen molar-refractivity contribution in [2.75, 3.05) is 14.2 Å². The largest absolute Gasteiger partial charge is 0.496 e. The molecule has 0 atom stereocenters. The van der Waals surface area contributed by atoms with Crippen molar-refractivity contribution >= 4 is 21.8 Å². The second-order valence-corrected chi connectivity index (χ2v) is 6.75. The van der Waals surface area contributed by atoms with E-state index < -0.39 is 0 Å². The number of hydrogen-bond acceptors (Lipinski definition) is 4. The molecule has 0 aliphatic heterocycles. The second kappa shape index (κ2) is 6.95. The van der Waals surface area contributed by atoms with Crippen LogP contribution in [-0.2, 0) is 0 Å². The van der Waals surface area contributed by atoms with Crippen LogP contribution in [0.5, 0.6) is 11.5 Å². The number of H-pyrrole nitrogens is 1. The van der Waals surface area contributed by atoms with Gasteiger partial charge in [-0.2, -0.15) is 0 Å². The molecule has 0 spiro atoms. The summed E-state index contributed by atoms with van der Waals surface area (Å²) in [5.74, 6) is 1.59. The molecule has 2 aromatic carbocycles. The molecule has 0 fully saturated rings. The van der Waals surface area contributed by atoms with Gasteiger partial charge in [-0.15, -0.1) is 0 Å². The van der Waals surface area contributed by atoms with Crippen LogP contribution in [0.1, 0.15) is 0 Å². The summed E-state index contributed by atoms with van der Waals surface area (Å²) in [7, 11) is 3.38. The summed E-state index contributed by atoms with van der Waals surface area (Å²) in [6.45, 7) is 0. The van der Waals surface area contributed by atoms with E-state index in [0.717, 1.165) is 55.7 Å². The zero-order valence-corrected chi connectivity index (χ0v) is 16.1. The highest BCUT2D eigenvalue weighted by atomic mass is 16.5. The van der Waals surface area contributed by atoms with Gasteiger partial charge in [-0.1, -0.05) is 18.2 Å². The van der Waals surface area contributed by atoms with Crippen LogP contribution in [-0.4, -0.2) is 29.2 Å². The summed E-state index contributed by atoms with van der Waals surface area (Å²) >= 11 is 0. The molecule has 5 rings (SSSR count). The number of nitrogens with one attached hydrogen (secondary N) is 1. The van der Waals surface area contributed by atoms with Crippen LogP contribution in [0.15, 0.2) is 73.2 Å². The van der Waals surface area contributed by atoms with Crippen LogP contribution < -0.4 is 9.47 Å². The number of aromatic amines is 1. The van der Waals surface area contributed by atoms with Crippen molar-refractivity contribution in [2.24, 2.45) is 0 Å². The predicted molar refractivity (Wildman–Crippen MR) is 115 cm³/mol. The number of ether oxygens (including phenoxy) is 2. The van der Waals surface area contributed by atoms with E-state index in [0.29, 0.717) is 0 Å². The molecule has 3 heterocycles. The molecule has 0 unspecified atom stereocenters. The lowest BCUT2D eigenvalue weighted by molar-refractivity contribution is 0.410. The molecule has 1 N–H and O–H groups in total. The average molecular weight is 381 g/mol. The summed E-state index contributed by atoms with van der Waals surface area (Å²) in [5, 5.41) is 2.16. The smallest absolute Gasteiger partial charge is 0.127 e. The lowest BCUT2D eigenvalue weighted by Crippen LogP contribution is -1.92. The Morgan fingerprint density at radius 3 is 2.48 bits per heavy atom. The fourth-order valence-electron chi connectivity index (χ4n) is 3.84. The molecule has 0 aliphatic carbocycles. The Morgan fingerprint density at radius 2 is 1.69 bits per heavy atom. The molecular weight excluding hydrogens is 362 g/mol. The van der Waals surface area contributed by atoms with Gasteiger partial charge in [0.2, 0.25) is 0 Å². The molecular formula is C24H19N3O2. The maximum Gasteiger partial charge on any atom is 0.127 e. The number of pyridine rings is 2. The van der Waals surface area contributed by atoms with Gasteiger partial charge in [-0.3, -0.25) is 9.97 Å². The summed E-state index contributed by atoms with van der Waals surface area (Å²) in [6, 6.07) is 18.0. The van der Waals surface area contributed by atoms with E-state index in [9.17, 15) is 0 Å². The van der Waals surface area contributed by atoms with Gasteiger partial charge in [0.25, 0.3) is 0 Å². The molecule has 142 valence electrons. The maximum atomic E-state index is 5.75. The Balaban J connectivity index is 1.88. The third-order valence-electron chi connectivity index (χ3n) is 5.16. The van der Waals surface area contributed by atoms with Gasteiger partial charge in [0.05, 0.1) is 31.6 Å². The SMILES string of the molecule is COc1ccccc1-c1c(OC)ccc2[nH]c3cnc(-c4cccnc4)cc3c12. The summed E-state index contributed by atoms with van der Waals surface area (Å²) in [4.78, 5) is 12.3. The van der Waals surface area contributed by atoms with Gasteiger partial charge in [0.1, 0.15) is 11.5 Å². The zero-order chi connectivity index (χ0) is 19.8. The van der Waals surface area contributed by atoms with E-state index in [-0.39, 0.29) is 0 Å². The Kier molecular flexibility index (Phi) is 4.13. The minimum absolute atomic E-state index is 0.794. The molecule has 3 aromatic heterocycles. The Hall–Kier alpha value is -3.86. The molecule has 0 aliphatic rings. The van der Waals surface area contributed by atoms with Crippen LogP contribution in [0.25, 0.3) is 44.2 Å². The first kappa shape index (κ1) is 17.3. The molecule has 5 nitrogen and oxygen atoms in total. The van der Waals surface area contributed by atoms with Crippen LogP contribution in [0.4, 0.5) is 0 Å². The van der Waals surface area contributed by atoms with Crippen molar-refractivity contribution in [3.8, 4) is 33.9 Å². The fourth-order valence-corrected chi connectivity index (χ4v) is 3.84. The lowest BCUT2D eigenvalue weighted by atomic mass is 9.97. The van der Waals surface area contributed by atoms with Gasteiger partial charge in [-0.25, -0.2) is 0 Å². The average Bonchev–Trinajstić information content (AvgIpc) is 3.17. The minimum Gasteiger partial charge on any atom is -0.496 e. The van der Waals surface area contributed by atoms with Gasteiger partial charge in [-0.05, 0) is 36.4 Å². The van der Waals surface area contributed by atoms with E-state index in [1.54, 1.807) is 20.4 Å². The third kappa shape index (κ3) is 2.79. The maximum absolute atomic E-state index is 5.75. The number of aromatic nitrogens is 3. The van der Waals surface area contributed by atoms with Gasteiger partial charge in [0.15, 0.2) is 0 Å². The number of fused-ring (bicyclic) bond motifs is 3. The van der Waals surface area contributed by atoms with Crippen molar-refractivity contribution in [1.82, 2.24) is 15.0 Å². The van der Waals surface area contributed by atoms with Crippen molar-refractivity contribution < 1.29 is 9.47 Å². The number of benzene rings is 2. The first-order valence-electron chi connectivity index (χ1n) is 9.32. The highest BCUT2D eigenvalue weighted by Gasteiger charge is 2.19. The molecule has 0 radical (unpaired) electrons. The highest BCUT2D eigenvalue weighted by Crippen LogP contribution is 2.44. The molecule has 0 saturated heterocycles. The predicted octanol–water partition coefficient (Wildman–Crippen LogP) is 5.46. The first-order valence-corrected chi connectivity index (χ1v) is 9.32. The van der Waals surface area contributed by atoms with Crippen LogP contribution in [0, 0.1) is 0 Å². The molecule has 0 bridgehead atoms. The number of hydrogen-bond donors (Lipinski definition) is 1. The number of para-hydroxylation sites is 1. The van der Waals surface area contributed by atoms with E-state index in [1.165, 1.54) is 0 Å². The van der Waals surface area contributed by atoms with Crippen LogP contribution in [0.2, 0.25) is 0 Å². The van der Waals surface area contributed by atoms with E-state index in [1.807, 2.05) is 54.9 Å². The summed E-state index contributed by atoms with van der Waals surface area (Å²) in [6.07, 6.45) is 5.46. The van der Waals surface area contributed by atoms with E-state index >= 15 is 0 Å². The number of nitrogens with zero attached hydrogens (tertiary/aromatic N) is 2. The van der Waals surface area contributed by atoms with Gasteiger partial charge < -0.3 is 14.5 Å². The zero-order valence-electron chi connectivity index (χ0n) is 16.1. The van der Waals surface area contributed by atoms with Crippen LogP contribution >= 0.6 is 0 Å².